The molecule has 0 aliphatic heterocycles. The number of amides is 1. The fourth-order valence-corrected chi connectivity index (χ4v) is 2.38. The van der Waals surface area contributed by atoms with Crippen LogP contribution in [0.4, 0.5) is 13.2 Å². The molecule has 1 N–H and O–H groups in total. The molecule has 0 aliphatic carbocycles. The molecule has 28 heavy (non-hydrogen) atoms. The van der Waals surface area contributed by atoms with Crippen LogP contribution < -0.4 is 5.32 Å². The summed E-state index contributed by atoms with van der Waals surface area (Å²) in [4.78, 5) is 20.6. The van der Waals surface area contributed by atoms with Gasteiger partial charge in [0.15, 0.2) is 5.69 Å². The van der Waals surface area contributed by atoms with Gasteiger partial charge in [-0.05, 0) is 25.1 Å². The van der Waals surface area contributed by atoms with Crippen molar-refractivity contribution in [3.8, 4) is 11.4 Å². The van der Waals surface area contributed by atoms with E-state index >= 15 is 0 Å². The van der Waals surface area contributed by atoms with Crippen LogP contribution in [0.1, 0.15) is 40.7 Å². The van der Waals surface area contributed by atoms with Gasteiger partial charge in [0.1, 0.15) is 11.7 Å². The summed E-state index contributed by atoms with van der Waals surface area (Å²) in [5.41, 5.74) is -0.131. The van der Waals surface area contributed by atoms with Crippen molar-refractivity contribution in [3.05, 3.63) is 53.9 Å². The minimum Gasteiger partial charge on any atom is -0.339 e. The minimum absolute atomic E-state index is 0.0959. The average Bonchev–Trinajstić information content (AvgIpc) is 3.28. The van der Waals surface area contributed by atoms with Gasteiger partial charge in [0, 0.05) is 24.9 Å². The van der Waals surface area contributed by atoms with Crippen LogP contribution in [0.3, 0.4) is 0 Å². The van der Waals surface area contributed by atoms with E-state index < -0.39 is 23.8 Å². The Bertz CT molecular complexity index is 1020. The number of nitrogens with zero attached hydrogens (tertiary/aromatic N) is 5. The third kappa shape index (κ3) is 3.92. The molecule has 3 aromatic heterocycles. The van der Waals surface area contributed by atoms with Gasteiger partial charge in [-0.1, -0.05) is 11.7 Å². The highest BCUT2D eigenvalue weighted by Crippen LogP contribution is 2.28. The van der Waals surface area contributed by atoms with Crippen LogP contribution in [0, 0.1) is 0 Å². The van der Waals surface area contributed by atoms with Gasteiger partial charge >= 0.3 is 6.18 Å². The first kappa shape index (κ1) is 19.3. The van der Waals surface area contributed by atoms with Crippen LogP contribution in [0.5, 0.6) is 0 Å². The van der Waals surface area contributed by atoms with Gasteiger partial charge in [0.25, 0.3) is 5.91 Å². The standard InChI is InChI=1S/C17H15F3N6O2/c1-4-11-7-10(5-6-21-11)14-23-16(28-25-14)9(2)22-15(27)12-8-13(17(18,19)20)24-26(12)3/h4-9H,1H2,2-3H3,(H,22,27)/t9-/m0/s1. The molecule has 0 fully saturated rings. The molecule has 0 radical (unpaired) electrons. The van der Waals surface area contributed by atoms with Crippen LogP contribution in [-0.4, -0.2) is 30.8 Å². The van der Waals surface area contributed by atoms with E-state index in [0.717, 1.165) is 4.68 Å². The lowest BCUT2D eigenvalue weighted by molar-refractivity contribution is -0.141. The number of hydrogen-bond donors (Lipinski definition) is 1. The van der Waals surface area contributed by atoms with Crippen LogP contribution in [0.2, 0.25) is 0 Å². The molecule has 0 aliphatic rings. The number of carbonyl (C=O) groups is 1. The van der Waals surface area contributed by atoms with E-state index in [4.69, 9.17) is 4.52 Å². The van der Waals surface area contributed by atoms with Crippen molar-refractivity contribution in [2.24, 2.45) is 7.05 Å². The van der Waals surface area contributed by atoms with E-state index in [2.05, 4.69) is 32.1 Å². The van der Waals surface area contributed by atoms with Crippen LogP contribution in [0.25, 0.3) is 17.5 Å². The third-order valence-corrected chi connectivity index (χ3v) is 3.81. The second kappa shape index (κ2) is 7.25. The Morgan fingerprint density at radius 1 is 1.39 bits per heavy atom. The Morgan fingerprint density at radius 3 is 2.79 bits per heavy atom. The van der Waals surface area contributed by atoms with Crippen LogP contribution in [0.15, 0.2) is 35.5 Å². The molecule has 8 nitrogen and oxygen atoms in total. The summed E-state index contributed by atoms with van der Waals surface area (Å²) in [7, 11) is 1.25. The summed E-state index contributed by atoms with van der Waals surface area (Å²) in [5, 5.41) is 9.67. The molecular formula is C17H15F3N6O2. The number of aryl methyl sites for hydroxylation is 1. The minimum atomic E-state index is -4.64. The number of carbonyl (C=O) groups excluding carboxylic acids is 1. The SMILES string of the molecule is C=Cc1cc(-c2noc([C@H](C)NC(=O)c3cc(C(F)(F)F)nn3C)n2)ccn1. The first-order valence-electron chi connectivity index (χ1n) is 8.03. The molecule has 0 saturated heterocycles. The predicted molar refractivity (Wildman–Crippen MR) is 91.7 cm³/mol. The predicted octanol–water partition coefficient (Wildman–Crippen LogP) is 3.02. The summed E-state index contributed by atoms with van der Waals surface area (Å²) in [5.74, 6) is -0.379. The Hall–Kier alpha value is -3.50. The molecule has 3 heterocycles. The second-order valence-electron chi connectivity index (χ2n) is 5.86. The lowest BCUT2D eigenvalue weighted by Crippen LogP contribution is -2.28. The Morgan fingerprint density at radius 2 is 2.14 bits per heavy atom. The first-order chi connectivity index (χ1) is 13.2. The van der Waals surface area contributed by atoms with Crippen molar-refractivity contribution in [2.75, 3.05) is 0 Å². The van der Waals surface area contributed by atoms with Crippen molar-refractivity contribution in [2.45, 2.75) is 19.1 Å². The summed E-state index contributed by atoms with van der Waals surface area (Å²) in [6.45, 7) is 5.20. The number of aromatic nitrogens is 5. The summed E-state index contributed by atoms with van der Waals surface area (Å²) in [6, 6.07) is 3.33. The van der Waals surface area contributed by atoms with Crippen molar-refractivity contribution < 1.29 is 22.5 Å². The summed E-state index contributed by atoms with van der Waals surface area (Å²) < 4.78 is 44.2. The highest BCUT2D eigenvalue weighted by molar-refractivity contribution is 5.92. The average molecular weight is 392 g/mol. The van der Waals surface area contributed by atoms with E-state index in [1.807, 2.05) is 0 Å². The number of pyridine rings is 1. The molecule has 0 bridgehead atoms. The van der Waals surface area contributed by atoms with Gasteiger partial charge in [-0.2, -0.15) is 23.3 Å². The number of alkyl halides is 3. The Labute approximate surface area is 157 Å². The Kier molecular flexibility index (Phi) is 4.99. The molecule has 146 valence electrons. The van der Waals surface area contributed by atoms with E-state index in [9.17, 15) is 18.0 Å². The van der Waals surface area contributed by atoms with Crippen molar-refractivity contribution in [1.82, 2.24) is 30.2 Å². The number of rotatable bonds is 5. The lowest BCUT2D eigenvalue weighted by Gasteiger charge is -2.09. The maximum absolute atomic E-state index is 12.7. The van der Waals surface area contributed by atoms with Gasteiger partial charge in [0.05, 0.1) is 5.69 Å². The number of halogens is 3. The highest BCUT2D eigenvalue weighted by Gasteiger charge is 2.35. The fourth-order valence-electron chi connectivity index (χ4n) is 2.38. The van der Waals surface area contributed by atoms with E-state index in [1.54, 1.807) is 31.3 Å². The third-order valence-electron chi connectivity index (χ3n) is 3.81. The molecule has 0 unspecified atom stereocenters. The highest BCUT2D eigenvalue weighted by atomic mass is 19.4. The van der Waals surface area contributed by atoms with Gasteiger partial charge in [-0.25, -0.2) is 0 Å². The van der Waals surface area contributed by atoms with Crippen molar-refractivity contribution in [1.29, 1.82) is 0 Å². The van der Waals surface area contributed by atoms with E-state index in [0.29, 0.717) is 17.3 Å². The smallest absolute Gasteiger partial charge is 0.339 e. The summed E-state index contributed by atoms with van der Waals surface area (Å²) >= 11 is 0. The van der Waals surface area contributed by atoms with Crippen molar-refractivity contribution in [3.63, 3.8) is 0 Å². The topological polar surface area (TPSA) is 98.7 Å². The van der Waals surface area contributed by atoms with E-state index in [-0.39, 0.29) is 17.4 Å². The first-order valence-corrected chi connectivity index (χ1v) is 8.03. The normalized spacial score (nSPS) is 12.6. The number of nitrogens with one attached hydrogen (secondary N) is 1. The molecule has 3 rings (SSSR count). The van der Waals surface area contributed by atoms with Crippen LogP contribution in [-0.2, 0) is 13.2 Å². The largest absolute Gasteiger partial charge is 0.435 e. The zero-order valence-electron chi connectivity index (χ0n) is 14.9. The Balaban J connectivity index is 1.76. The van der Waals surface area contributed by atoms with E-state index in [1.165, 1.54) is 7.05 Å². The maximum Gasteiger partial charge on any atom is 0.435 e. The van der Waals surface area contributed by atoms with Crippen molar-refractivity contribution >= 4 is 12.0 Å². The van der Waals surface area contributed by atoms with Gasteiger partial charge in [-0.15, -0.1) is 0 Å². The fraction of sp³-hybridized carbons (Fsp3) is 0.235. The molecule has 0 saturated carbocycles. The molecule has 11 heteroatoms. The number of hydrogen-bond acceptors (Lipinski definition) is 6. The molecule has 3 aromatic rings. The monoisotopic (exact) mass is 392 g/mol. The molecule has 0 spiro atoms. The zero-order chi connectivity index (χ0) is 20.5. The van der Waals surface area contributed by atoms with Gasteiger partial charge in [-0.3, -0.25) is 14.5 Å². The van der Waals surface area contributed by atoms with Gasteiger partial charge in [0.2, 0.25) is 11.7 Å². The molecule has 1 atom stereocenters. The van der Waals surface area contributed by atoms with Crippen LogP contribution >= 0.6 is 0 Å². The quantitative estimate of drug-likeness (QED) is 0.717. The summed E-state index contributed by atoms with van der Waals surface area (Å²) in [6.07, 6.45) is -1.51. The molecule has 0 aromatic carbocycles. The lowest BCUT2D eigenvalue weighted by atomic mass is 10.2. The van der Waals surface area contributed by atoms with Gasteiger partial charge < -0.3 is 9.84 Å². The zero-order valence-corrected chi connectivity index (χ0v) is 14.9. The molecule has 1 amide bonds. The second-order valence-corrected chi connectivity index (χ2v) is 5.86. The molecular weight excluding hydrogens is 377 g/mol. The maximum atomic E-state index is 12.7.